The number of fused-ring (bicyclic) bond motifs is 5. The van der Waals surface area contributed by atoms with E-state index in [4.69, 9.17) is 9.47 Å². The van der Waals surface area contributed by atoms with Gasteiger partial charge in [0.2, 0.25) is 0 Å². The predicted molar refractivity (Wildman–Crippen MR) is 103 cm³/mol. The summed E-state index contributed by atoms with van der Waals surface area (Å²) in [5.74, 6) is 1.98. The van der Waals surface area contributed by atoms with Crippen molar-refractivity contribution >= 4 is 6.03 Å². The van der Waals surface area contributed by atoms with Crippen LogP contribution in [0.1, 0.15) is 18.0 Å². The number of ether oxygens (including phenoxy) is 2. The van der Waals surface area contributed by atoms with E-state index in [2.05, 4.69) is 5.32 Å². The van der Waals surface area contributed by atoms with Crippen molar-refractivity contribution < 1.29 is 14.3 Å². The second-order valence-electron chi connectivity index (χ2n) is 7.79. The molecule has 2 bridgehead atoms. The highest BCUT2D eigenvalue weighted by Crippen LogP contribution is 2.35. The largest absolute Gasteiger partial charge is 0.486 e. The first kappa shape index (κ1) is 17.2. The molecular formula is C21H23N3O4. The monoisotopic (exact) mass is 381 g/mol. The number of benzene rings is 1. The molecule has 0 radical (unpaired) electrons. The summed E-state index contributed by atoms with van der Waals surface area (Å²) in [4.78, 5) is 26.7. The number of rotatable bonds is 2. The van der Waals surface area contributed by atoms with E-state index in [1.54, 1.807) is 6.07 Å². The molecule has 1 saturated heterocycles. The molecule has 0 unspecified atom stereocenters. The Morgan fingerprint density at radius 3 is 2.82 bits per heavy atom. The molecule has 1 fully saturated rings. The summed E-state index contributed by atoms with van der Waals surface area (Å²) in [6, 6.07) is 12.9. The summed E-state index contributed by atoms with van der Waals surface area (Å²) in [6.07, 6.45) is 0.825. The van der Waals surface area contributed by atoms with Gasteiger partial charge in [-0.15, -0.1) is 0 Å². The molecule has 2 amide bonds. The van der Waals surface area contributed by atoms with Crippen molar-refractivity contribution in [3.05, 3.63) is 58.5 Å². The lowest BCUT2D eigenvalue weighted by atomic mass is 9.83. The summed E-state index contributed by atoms with van der Waals surface area (Å²) in [6.45, 7) is 2.81. The Kier molecular flexibility index (Phi) is 4.22. The number of aromatic nitrogens is 1. The number of carbonyl (C=O) groups is 1. The van der Waals surface area contributed by atoms with Gasteiger partial charge in [-0.05, 0) is 30.5 Å². The van der Waals surface area contributed by atoms with E-state index >= 15 is 0 Å². The number of piperidine rings is 1. The van der Waals surface area contributed by atoms with Crippen LogP contribution < -0.4 is 20.3 Å². The Hall–Kier alpha value is -2.96. The van der Waals surface area contributed by atoms with Crippen molar-refractivity contribution in [3.8, 4) is 11.5 Å². The Bertz CT molecular complexity index is 957. The van der Waals surface area contributed by atoms with Gasteiger partial charge < -0.3 is 24.3 Å². The minimum absolute atomic E-state index is 0.0554. The maximum atomic E-state index is 12.7. The fraction of sp³-hybridized carbons (Fsp3) is 0.429. The number of pyridine rings is 1. The predicted octanol–water partition coefficient (Wildman–Crippen LogP) is 1.82. The van der Waals surface area contributed by atoms with Crippen molar-refractivity contribution in [3.63, 3.8) is 0 Å². The van der Waals surface area contributed by atoms with E-state index in [1.165, 1.54) is 0 Å². The van der Waals surface area contributed by atoms with Crippen LogP contribution in [-0.2, 0) is 6.54 Å². The fourth-order valence-corrected chi connectivity index (χ4v) is 4.54. The highest BCUT2D eigenvalue weighted by molar-refractivity contribution is 5.74. The molecule has 146 valence electrons. The molecule has 2 aromatic rings. The second-order valence-corrected chi connectivity index (χ2v) is 7.79. The van der Waals surface area contributed by atoms with Gasteiger partial charge in [0.15, 0.2) is 17.6 Å². The van der Waals surface area contributed by atoms with Crippen LogP contribution in [0.15, 0.2) is 47.3 Å². The molecule has 1 N–H and O–H groups in total. The maximum Gasteiger partial charge on any atom is 0.317 e. The molecule has 0 saturated carbocycles. The number of hydrogen-bond donors (Lipinski definition) is 1. The lowest BCUT2D eigenvalue weighted by Gasteiger charge is -2.42. The molecule has 3 aliphatic heterocycles. The van der Waals surface area contributed by atoms with Gasteiger partial charge >= 0.3 is 6.03 Å². The van der Waals surface area contributed by atoms with Gasteiger partial charge in [0, 0.05) is 37.3 Å². The zero-order valence-electron chi connectivity index (χ0n) is 15.5. The highest BCUT2D eigenvalue weighted by Gasteiger charge is 2.36. The average Bonchev–Trinajstić information content (AvgIpc) is 2.72. The highest BCUT2D eigenvalue weighted by atomic mass is 16.6. The summed E-state index contributed by atoms with van der Waals surface area (Å²) in [5.41, 5.74) is 1.10. The van der Waals surface area contributed by atoms with Crippen molar-refractivity contribution in [2.24, 2.45) is 5.92 Å². The maximum absolute atomic E-state index is 12.7. The van der Waals surface area contributed by atoms with Gasteiger partial charge in [0.1, 0.15) is 6.61 Å². The van der Waals surface area contributed by atoms with Crippen LogP contribution in [-0.4, -0.2) is 47.8 Å². The molecule has 1 aromatic carbocycles. The number of amides is 2. The third kappa shape index (κ3) is 3.10. The number of nitrogens with zero attached hydrogens (tertiary/aromatic N) is 2. The quantitative estimate of drug-likeness (QED) is 0.861. The van der Waals surface area contributed by atoms with Gasteiger partial charge in [-0.3, -0.25) is 4.79 Å². The number of hydrogen-bond acceptors (Lipinski definition) is 4. The number of para-hydroxylation sites is 2. The Labute approximate surface area is 162 Å². The minimum atomic E-state index is -0.206. The minimum Gasteiger partial charge on any atom is -0.486 e. The lowest BCUT2D eigenvalue weighted by molar-refractivity contribution is 0.0868. The van der Waals surface area contributed by atoms with Crippen LogP contribution in [0.5, 0.6) is 11.5 Å². The van der Waals surface area contributed by atoms with Crippen molar-refractivity contribution in [1.29, 1.82) is 0 Å². The van der Waals surface area contributed by atoms with E-state index in [0.29, 0.717) is 44.5 Å². The van der Waals surface area contributed by atoms with Gasteiger partial charge in [-0.25, -0.2) is 4.79 Å². The Balaban J connectivity index is 1.21. The normalized spacial score (nSPS) is 25.0. The first-order valence-corrected chi connectivity index (χ1v) is 9.78. The van der Waals surface area contributed by atoms with Crippen LogP contribution in [0.3, 0.4) is 0 Å². The van der Waals surface area contributed by atoms with Gasteiger partial charge in [0.05, 0.1) is 6.54 Å². The summed E-state index contributed by atoms with van der Waals surface area (Å²) in [5, 5.41) is 2.99. The number of nitrogens with one attached hydrogen (secondary N) is 1. The van der Waals surface area contributed by atoms with Crippen LogP contribution in [0.4, 0.5) is 4.79 Å². The molecule has 4 heterocycles. The second kappa shape index (κ2) is 6.89. The smallest absolute Gasteiger partial charge is 0.317 e. The zero-order valence-corrected chi connectivity index (χ0v) is 15.5. The van der Waals surface area contributed by atoms with E-state index < -0.39 is 0 Å². The standard InChI is InChI=1S/C21H23N3O4/c25-20-7-3-4-17-15-8-14(11-24(17)20)10-23(12-15)21(26)22-9-16-13-27-18-5-1-2-6-19(18)28-16/h1-7,14-16H,8-13H2,(H,22,26)/t14-,15+,16-/m1/s1. The Morgan fingerprint density at radius 2 is 1.93 bits per heavy atom. The molecule has 3 atom stereocenters. The molecular weight excluding hydrogens is 358 g/mol. The summed E-state index contributed by atoms with van der Waals surface area (Å²) < 4.78 is 13.5. The van der Waals surface area contributed by atoms with Gasteiger partial charge in [0.25, 0.3) is 5.56 Å². The summed E-state index contributed by atoms with van der Waals surface area (Å²) in [7, 11) is 0. The molecule has 28 heavy (non-hydrogen) atoms. The van der Waals surface area contributed by atoms with Crippen LogP contribution in [0.2, 0.25) is 0 Å². The van der Waals surface area contributed by atoms with Crippen LogP contribution >= 0.6 is 0 Å². The third-order valence-electron chi connectivity index (χ3n) is 5.82. The SMILES string of the molecule is O=C(NC[C@@H]1COc2ccccc2O1)N1C[C@H]2C[C@@H](C1)c1cccc(=O)n1C2. The van der Waals surface area contributed by atoms with E-state index in [0.717, 1.165) is 17.9 Å². The van der Waals surface area contributed by atoms with Gasteiger partial charge in [-0.2, -0.15) is 0 Å². The topological polar surface area (TPSA) is 72.8 Å². The molecule has 3 aliphatic rings. The third-order valence-corrected chi connectivity index (χ3v) is 5.82. The van der Waals surface area contributed by atoms with Crippen molar-refractivity contribution in [1.82, 2.24) is 14.8 Å². The summed E-state index contributed by atoms with van der Waals surface area (Å²) >= 11 is 0. The number of urea groups is 1. The van der Waals surface area contributed by atoms with Crippen molar-refractivity contribution in [2.45, 2.75) is 25.0 Å². The molecule has 0 aliphatic carbocycles. The van der Waals surface area contributed by atoms with E-state index in [9.17, 15) is 9.59 Å². The molecule has 7 nitrogen and oxygen atoms in total. The molecule has 1 aromatic heterocycles. The zero-order chi connectivity index (χ0) is 19.1. The van der Waals surface area contributed by atoms with E-state index in [-0.39, 0.29) is 23.6 Å². The van der Waals surface area contributed by atoms with Crippen molar-refractivity contribution in [2.75, 3.05) is 26.2 Å². The Morgan fingerprint density at radius 1 is 1.07 bits per heavy atom. The van der Waals surface area contributed by atoms with Crippen LogP contribution in [0, 0.1) is 5.92 Å². The number of carbonyl (C=O) groups excluding carboxylic acids is 1. The molecule has 7 heteroatoms. The van der Waals surface area contributed by atoms with E-state index in [1.807, 2.05) is 45.9 Å². The average molecular weight is 381 g/mol. The van der Waals surface area contributed by atoms with Gasteiger partial charge in [-0.1, -0.05) is 18.2 Å². The first-order chi connectivity index (χ1) is 13.7. The van der Waals surface area contributed by atoms with Crippen LogP contribution in [0.25, 0.3) is 0 Å². The molecule has 0 spiro atoms. The first-order valence-electron chi connectivity index (χ1n) is 9.78. The molecule has 5 rings (SSSR count). The fourth-order valence-electron chi connectivity index (χ4n) is 4.54. The lowest BCUT2D eigenvalue weighted by Crippen LogP contribution is -2.53. The number of likely N-dealkylation sites (tertiary alicyclic amines) is 1.